The van der Waals surface area contributed by atoms with E-state index in [4.69, 9.17) is 9.47 Å². The molecule has 1 fully saturated rings. The average Bonchev–Trinajstić information content (AvgIpc) is 3.02. The van der Waals surface area contributed by atoms with Crippen molar-refractivity contribution >= 4 is 5.91 Å². The van der Waals surface area contributed by atoms with E-state index < -0.39 is 0 Å². The Hall–Kier alpha value is -2.18. The van der Waals surface area contributed by atoms with Gasteiger partial charge in [-0.1, -0.05) is 18.2 Å². The predicted octanol–water partition coefficient (Wildman–Crippen LogP) is 2.06. The van der Waals surface area contributed by atoms with Gasteiger partial charge >= 0.3 is 0 Å². The lowest BCUT2D eigenvalue weighted by Gasteiger charge is -2.35. The lowest BCUT2D eigenvalue weighted by molar-refractivity contribution is -0.0104. The van der Waals surface area contributed by atoms with Gasteiger partial charge in [0, 0.05) is 26.5 Å². The van der Waals surface area contributed by atoms with Crippen LogP contribution in [0.1, 0.15) is 22.5 Å². The van der Waals surface area contributed by atoms with E-state index in [0.29, 0.717) is 31.9 Å². The molecule has 1 aliphatic rings. The number of nitrogens with zero attached hydrogens (tertiary/aromatic N) is 3. The summed E-state index contributed by atoms with van der Waals surface area (Å²) >= 11 is 0. The van der Waals surface area contributed by atoms with Gasteiger partial charge in [-0.25, -0.2) is 4.68 Å². The number of aryl methyl sites for hydroxylation is 1. The smallest absolute Gasteiger partial charge is 0.257 e. The molecule has 0 bridgehead atoms. The molecule has 0 spiro atoms. The number of aromatic nitrogens is 2. The topological polar surface area (TPSA) is 56.6 Å². The van der Waals surface area contributed by atoms with Crippen molar-refractivity contribution in [2.24, 2.45) is 0 Å². The fraction of sp³-hybridized carbons (Fsp3) is 0.444. The molecule has 6 heteroatoms. The van der Waals surface area contributed by atoms with Crippen LogP contribution in [-0.4, -0.2) is 60.1 Å². The van der Waals surface area contributed by atoms with E-state index in [1.54, 1.807) is 11.8 Å². The van der Waals surface area contributed by atoms with Gasteiger partial charge in [-0.15, -0.1) is 0 Å². The number of hydrogen-bond acceptors (Lipinski definition) is 4. The third kappa shape index (κ3) is 3.49. The van der Waals surface area contributed by atoms with Crippen molar-refractivity contribution in [2.45, 2.75) is 19.4 Å². The molecular weight excluding hydrogens is 306 g/mol. The Morgan fingerprint density at radius 2 is 2.17 bits per heavy atom. The highest BCUT2D eigenvalue weighted by atomic mass is 16.5. The molecule has 0 radical (unpaired) electrons. The first-order valence-corrected chi connectivity index (χ1v) is 8.20. The van der Waals surface area contributed by atoms with Crippen molar-refractivity contribution in [1.29, 1.82) is 0 Å². The molecule has 1 atom stereocenters. The van der Waals surface area contributed by atoms with Gasteiger partial charge in [0.2, 0.25) is 0 Å². The Kier molecular flexibility index (Phi) is 5.27. The van der Waals surface area contributed by atoms with Crippen LogP contribution in [0.25, 0.3) is 5.69 Å². The SMILES string of the molecule is COCCC1COCCN1C(=O)c1cn(-c2ccccc2)nc1C. The Balaban J connectivity index is 1.82. The molecule has 3 rings (SSSR count). The number of carbonyl (C=O) groups excluding carboxylic acids is 1. The van der Waals surface area contributed by atoms with Gasteiger partial charge in [0.15, 0.2) is 0 Å². The molecule has 128 valence electrons. The molecule has 1 amide bonds. The number of hydrogen-bond donors (Lipinski definition) is 0. The zero-order valence-electron chi connectivity index (χ0n) is 14.1. The third-order valence-corrected chi connectivity index (χ3v) is 4.29. The first-order chi connectivity index (χ1) is 11.7. The molecule has 2 heterocycles. The second kappa shape index (κ2) is 7.59. The van der Waals surface area contributed by atoms with Crippen molar-refractivity contribution in [3.63, 3.8) is 0 Å². The van der Waals surface area contributed by atoms with Gasteiger partial charge in [0.1, 0.15) is 0 Å². The van der Waals surface area contributed by atoms with Crippen molar-refractivity contribution < 1.29 is 14.3 Å². The number of amides is 1. The standard InChI is InChI=1S/C18H23N3O3/c1-14-17(12-21(19-14)15-6-4-3-5-7-15)18(22)20-9-11-24-13-16(20)8-10-23-2/h3-7,12,16H,8-11,13H2,1-2H3. The van der Waals surface area contributed by atoms with Crippen LogP contribution in [0.5, 0.6) is 0 Å². The number of ether oxygens (including phenoxy) is 2. The molecule has 0 aliphatic carbocycles. The molecule has 1 aliphatic heterocycles. The predicted molar refractivity (Wildman–Crippen MR) is 90.4 cm³/mol. The molecule has 6 nitrogen and oxygen atoms in total. The van der Waals surface area contributed by atoms with E-state index in [1.807, 2.05) is 48.4 Å². The third-order valence-electron chi connectivity index (χ3n) is 4.29. The summed E-state index contributed by atoms with van der Waals surface area (Å²) in [6, 6.07) is 9.85. The van der Waals surface area contributed by atoms with E-state index in [2.05, 4.69) is 5.10 Å². The summed E-state index contributed by atoms with van der Waals surface area (Å²) in [7, 11) is 1.67. The highest BCUT2D eigenvalue weighted by Crippen LogP contribution is 2.18. The molecule has 1 aromatic carbocycles. The van der Waals surface area contributed by atoms with E-state index >= 15 is 0 Å². The maximum atomic E-state index is 13.0. The fourth-order valence-electron chi connectivity index (χ4n) is 2.95. The minimum atomic E-state index is 0.0130. The van der Waals surface area contributed by atoms with E-state index in [1.165, 1.54) is 0 Å². The van der Waals surface area contributed by atoms with Gasteiger partial charge in [-0.2, -0.15) is 5.10 Å². The lowest BCUT2D eigenvalue weighted by atomic mass is 10.1. The second-order valence-corrected chi connectivity index (χ2v) is 5.92. The number of rotatable bonds is 5. The first-order valence-electron chi connectivity index (χ1n) is 8.20. The zero-order valence-corrected chi connectivity index (χ0v) is 14.1. The second-order valence-electron chi connectivity index (χ2n) is 5.92. The molecule has 1 aromatic heterocycles. The van der Waals surface area contributed by atoms with Crippen LogP contribution in [0.4, 0.5) is 0 Å². The van der Waals surface area contributed by atoms with E-state index in [9.17, 15) is 4.79 Å². The molecule has 2 aromatic rings. The number of benzene rings is 1. The van der Waals surface area contributed by atoms with Gasteiger partial charge in [-0.3, -0.25) is 4.79 Å². The van der Waals surface area contributed by atoms with Crippen LogP contribution < -0.4 is 0 Å². The maximum absolute atomic E-state index is 13.0. The summed E-state index contributed by atoms with van der Waals surface area (Å²) in [5, 5.41) is 4.50. The quantitative estimate of drug-likeness (QED) is 0.842. The van der Waals surface area contributed by atoms with Crippen LogP contribution in [0.3, 0.4) is 0 Å². The highest BCUT2D eigenvalue weighted by molar-refractivity contribution is 5.95. The molecule has 0 N–H and O–H groups in total. The van der Waals surface area contributed by atoms with Crippen LogP contribution >= 0.6 is 0 Å². The minimum Gasteiger partial charge on any atom is -0.385 e. The average molecular weight is 329 g/mol. The highest BCUT2D eigenvalue weighted by Gasteiger charge is 2.29. The Labute approximate surface area is 142 Å². The molecule has 24 heavy (non-hydrogen) atoms. The van der Waals surface area contributed by atoms with Crippen molar-refractivity contribution in [1.82, 2.24) is 14.7 Å². The fourth-order valence-corrected chi connectivity index (χ4v) is 2.95. The summed E-state index contributed by atoms with van der Waals surface area (Å²) in [4.78, 5) is 14.9. The van der Waals surface area contributed by atoms with Crippen LogP contribution in [0, 0.1) is 6.92 Å². The first kappa shape index (κ1) is 16.7. The number of morpholine rings is 1. The number of methoxy groups -OCH3 is 1. The maximum Gasteiger partial charge on any atom is 0.257 e. The van der Waals surface area contributed by atoms with E-state index in [0.717, 1.165) is 17.8 Å². The summed E-state index contributed by atoms with van der Waals surface area (Å²) in [5.74, 6) is 0.0130. The Morgan fingerprint density at radius 1 is 1.38 bits per heavy atom. The largest absolute Gasteiger partial charge is 0.385 e. The number of para-hydroxylation sites is 1. The zero-order chi connectivity index (χ0) is 16.9. The summed E-state index contributed by atoms with van der Waals surface area (Å²) in [5.41, 5.74) is 2.32. The van der Waals surface area contributed by atoms with Gasteiger partial charge in [-0.05, 0) is 25.5 Å². The molecule has 0 saturated carbocycles. The van der Waals surface area contributed by atoms with Gasteiger partial charge < -0.3 is 14.4 Å². The molecular formula is C18H23N3O3. The Bertz CT molecular complexity index is 684. The normalized spacial score (nSPS) is 17.9. The van der Waals surface area contributed by atoms with Crippen LogP contribution in [-0.2, 0) is 9.47 Å². The minimum absolute atomic E-state index is 0.0130. The monoisotopic (exact) mass is 329 g/mol. The lowest BCUT2D eigenvalue weighted by Crippen LogP contribution is -2.49. The summed E-state index contributed by atoms with van der Waals surface area (Å²) in [6.07, 6.45) is 2.59. The number of carbonyl (C=O) groups is 1. The Morgan fingerprint density at radius 3 is 2.92 bits per heavy atom. The molecule has 1 unspecified atom stereocenters. The van der Waals surface area contributed by atoms with Crippen molar-refractivity contribution in [3.05, 3.63) is 47.8 Å². The van der Waals surface area contributed by atoms with Crippen molar-refractivity contribution in [2.75, 3.05) is 33.5 Å². The van der Waals surface area contributed by atoms with Crippen LogP contribution in [0.15, 0.2) is 36.5 Å². The summed E-state index contributed by atoms with van der Waals surface area (Å²) < 4.78 is 12.4. The van der Waals surface area contributed by atoms with Gasteiger partial charge in [0.25, 0.3) is 5.91 Å². The molecule has 1 saturated heterocycles. The summed E-state index contributed by atoms with van der Waals surface area (Å²) in [6.45, 7) is 4.21. The van der Waals surface area contributed by atoms with Gasteiger partial charge in [0.05, 0.1) is 36.2 Å². The van der Waals surface area contributed by atoms with Crippen molar-refractivity contribution in [3.8, 4) is 5.69 Å². The van der Waals surface area contributed by atoms with Crippen LogP contribution in [0.2, 0.25) is 0 Å². The van der Waals surface area contributed by atoms with E-state index in [-0.39, 0.29) is 11.9 Å².